The molecule has 0 spiro atoms. The summed E-state index contributed by atoms with van der Waals surface area (Å²) < 4.78 is 41.4. The molecule has 0 aliphatic carbocycles. The molecule has 1 N–H and O–H groups in total. The summed E-state index contributed by atoms with van der Waals surface area (Å²) in [5.74, 6) is -2.53. The molecule has 0 saturated heterocycles. The number of rotatable bonds is 4. The fraction of sp³-hybridized carbons (Fsp3) is 0.130. The van der Waals surface area contributed by atoms with Gasteiger partial charge in [-0.15, -0.1) is 0 Å². The van der Waals surface area contributed by atoms with Gasteiger partial charge in [0.25, 0.3) is 0 Å². The zero-order chi connectivity index (χ0) is 24.1. The second kappa shape index (κ2) is 9.86. The van der Waals surface area contributed by atoms with Gasteiger partial charge in [0, 0.05) is 22.9 Å². The molecule has 0 saturated carbocycles. The van der Waals surface area contributed by atoms with Crippen molar-refractivity contribution in [3.05, 3.63) is 71.3 Å². The normalized spacial score (nSPS) is 10.3. The topological polar surface area (TPSA) is 108 Å². The van der Waals surface area contributed by atoms with E-state index in [1.807, 2.05) is 0 Å². The van der Waals surface area contributed by atoms with E-state index in [0.29, 0.717) is 5.39 Å². The second-order valence-electron chi connectivity index (χ2n) is 6.49. The van der Waals surface area contributed by atoms with E-state index >= 15 is 0 Å². The number of hydrogen-bond donors (Lipinski definition) is 1. The minimum atomic E-state index is -1.14. The van der Waals surface area contributed by atoms with Crippen LogP contribution in [0.15, 0.2) is 48.5 Å². The average Bonchev–Trinajstić information content (AvgIpc) is 2.83. The predicted octanol–water partition coefficient (Wildman–Crippen LogP) is 4.25. The number of carbonyl (C=O) groups excluding carboxylic acids is 1. The van der Waals surface area contributed by atoms with Gasteiger partial charge in [-0.1, -0.05) is 24.3 Å². The number of benzene rings is 2. The van der Waals surface area contributed by atoms with Crippen LogP contribution in [0.25, 0.3) is 21.8 Å². The third kappa shape index (κ3) is 4.79. The van der Waals surface area contributed by atoms with Crippen LogP contribution in [0.1, 0.15) is 20.7 Å². The van der Waals surface area contributed by atoms with Gasteiger partial charge in [-0.2, -0.15) is 0 Å². The van der Waals surface area contributed by atoms with Crippen molar-refractivity contribution in [2.75, 3.05) is 21.3 Å². The molecule has 33 heavy (non-hydrogen) atoms. The van der Waals surface area contributed by atoms with Crippen molar-refractivity contribution in [3.63, 3.8) is 0 Å². The molecule has 0 atom stereocenters. The molecule has 2 heterocycles. The zero-order valence-electron chi connectivity index (χ0n) is 17.8. The molecule has 170 valence electrons. The Labute approximate surface area is 186 Å². The lowest BCUT2D eigenvalue weighted by Crippen LogP contribution is -2.04. The van der Waals surface area contributed by atoms with E-state index < -0.39 is 23.6 Å². The number of aromatic carboxylic acids is 1. The summed E-state index contributed by atoms with van der Waals surface area (Å²) in [6.07, 6.45) is 0. The number of carboxylic acid groups (broad SMARTS) is 1. The number of methoxy groups -OCH3 is 3. The Balaban J connectivity index is 0.000000186. The van der Waals surface area contributed by atoms with Crippen LogP contribution in [0, 0.1) is 11.6 Å². The first-order chi connectivity index (χ1) is 15.8. The summed E-state index contributed by atoms with van der Waals surface area (Å²) in [5.41, 5.74) is 0.293. The summed E-state index contributed by atoms with van der Waals surface area (Å²) >= 11 is 0. The summed E-state index contributed by atoms with van der Waals surface area (Å²) in [6.45, 7) is 0. The first-order valence-corrected chi connectivity index (χ1v) is 9.38. The molecular formula is C23H18F2N2O6. The Morgan fingerprint density at radius 1 is 0.788 bits per heavy atom. The minimum Gasteiger partial charge on any atom is -0.481 e. The van der Waals surface area contributed by atoms with Crippen molar-refractivity contribution >= 4 is 33.7 Å². The number of aromatic nitrogens is 2. The number of halogens is 2. The van der Waals surface area contributed by atoms with Crippen molar-refractivity contribution in [2.45, 2.75) is 0 Å². The van der Waals surface area contributed by atoms with Gasteiger partial charge in [0.1, 0.15) is 22.7 Å². The van der Waals surface area contributed by atoms with Gasteiger partial charge in [0.15, 0.2) is 0 Å². The summed E-state index contributed by atoms with van der Waals surface area (Å²) in [6, 6.07) is 11.3. The van der Waals surface area contributed by atoms with Crippen LogP contribution in [0.3, 0.4) is 0 Å². The van der Waals surface area contributed by atoms with Crippen LogP contribution in [0.4, 0.5) is 8.78 Å². The van der Waals surface area contributed by atoms with Gasteiger partial charge in [0.2, 0.25) is 11.8 Å². The minimum absolute atomic E-state index is 0.000694. The first-order valence-electron chi connectivity index (χ1n) is 9.38. The maximum absolute atomic E-state index is 13.6. The van der Waals surface area contributed by atoms with E-state index in [1.165, 1.54) is 63.8 Å². The highest BCUT2D eigenvalue weighted by Gasteiger charge is 2.16. The largest absolute Gasteiger partial charge is 0.481 e. The maximum atomic E-state index is 13.6. The summed E-state index contributed by atoms with van der Waals surface area (Å²) in [4.78, 5) is 30.4. The fourth-order valence-electron chi connectivity index (χ4n) is 3.04. The number of esters is 1. The number of ether oxygens (including phenoxy) is 3. The van der Waals surface area contributed by atoms with E-state index in [1.54, 1.807) is 6.07 Å². The lowest BCUT2D eigenvalue weighted by Gasteiger charge is -2.07. The third-order valence-corrected chi connectivity index (χ3v) is 4.59. The highest BCUT2D eigenvalue weighted by atomic mass is 19.1. The standard InChI is InChI=1S/C12H10FNO3.C11H8FNO3/c1-16-10-6-8(12(15)17-2)7-4-3-5-9(13)11(7)14-10;1-16-9-5-7(11(14)15)6-3-2-4-8(12)10(6)13-9/h3-6H,1-2H3;2-5H,1H3,(H,14,15). The number of para-hydroxylation sites is 2. The number of hydrogen-bond acceptors (Lipinski definition) is 7. The van der Waals surface area contributed by atoms with Crippen molar-refractivity contribution in [3.8, 4) is 11.8 Å². The Hall–Kier alpha value is -4.34. The number of carbonyl (C=O) groups is 2. The van der Waals surface area contributed by atoms with Gasteiger partial charge in [-0.25, -0.2) is 28.3 Å². The molecule has 0 amide bonds. The summed E-state index contributed by atoms with van der Waals surface area (Å²) in [7, 11) is 4.01. The second-order valence-corrected chi connectivity index (χ2v) is 6.49. The maximum Gasteiger partial charge on any atom is 0.338 e. The number of nitrogens with zero attached hydrogens (tertiary/aromatic N) is 2. The Kier molecular flexibility index (Phi) is 6.97. The number of fused-ring (bicyclic) bond motifs is 2. The molecule has 0 radical (unpaired) electrons. The van der Waals surface area contributed by atoms with Crippen LogP contribution in [-0.4, -0.2) is 48.3 Å². The molecule has 0 aliphatic heterocycles. The molecule has 4 rings (SSSR count). The van der Waals surface area contributed by atoms with Crippen LogP contribution in [-0.2, 0) is 4.74 Å². The van der Waals surface area contributed by atoms with Crippen LogP contribution in [0.2, 0.25) is 0 Å². The smallest absolute Gasteiger partial charge is 0.338 e. The first kappa shape index (κ1) is 23.3. The highest BCUT2D eigenvalue weighted by molar-refractivity contribution is 6.04. The third-order valence-electron chi connectivity index (χ3n) is 4.59. The zero-order valence-corrected chi connectivity index (χ0v) is 17.8. The average molecular weight is 456 g/mol. The van der Waals surface area contributed by atoms with Crippen molar-refractivity contribution in [2.24, 2.45) is 0 Å². The predicted molar refractivity (Wildman–Crippen MR) is 115 cm³/mol. The van der Waals surface area contributed by atoms with Crippen molar-refractivity contribution in [1.29, 1.82) is 0 Å². The van der Waals surface area contributed by atoms with E-state index in [-0.39, 0.29) is 39.3 Å². The van der Waals surface area contributed by atoms with Gasteiger partial charge in [-0.3, -0.25) is 0 Å². The van der Waals surface area contributed by atoms with Crippen LogP contribution >= 0.6 is 0 Å². The van der Waals surface area contributed by atoms with Crippen molar-refractivity contribution < 1.29 is 37.7 Å². The monoisotopic (exact) mass is 456 g/mol. The molecule has 4 aromatic rings. The number of pyridine rings is 2. The van der Waals surface area contributed by atoms with Gasteiger partial charge >= 0.3 is 11.9 Å². The lowest BCUT2D eigenvalue weighted by atomic mass is 10.1. The Morgan fingerprint density at radius 2 is 1.24 bits per heavy atom. The van der Waals surface area contributed by atoms with E-state index in [2.05, 4.69) is 14.7 Å². The van der Waals surface area contributed by atoms with Crippen molar-refractivity contribution in [1.82, 2.24) is 9.97 Å². The molecule has 0 aliphatic rings. The quantitative estimate of drug-likeness (QED) is 0.454. The summed E-state index contributed by atoms with van der Waals surface area (Å²) in [5, 5.41) is 9.65. The molecule has 10 heteroatoms. The van der Waals surface area contributed by atoms with E-state index in [4.69, 9.17) is 14.6 Å². The lowest BCUT2D eigenvalue weighted by molar-refractivity contribution is 0.0601. The molecule has 0 unspecified atom stereocenters. The van der Waals surface area contributed by atoms with Crippen LogP contribution in [0.5, 0.6) is 11.8 Å². The molecular weight excluding hydrogens is 438 g/mol. The SMILES string of the molecule is COC(=O)c1cc(OC)nc2c(F)cccc12.COc1cc(C(=O)O)c2cccc(F)c2n1. The van der Waals surface area contributed by atoms with Gasteiger partial charge < -0.3 is 19.3 Å². The van der Waals surface area contributed by atoms with Gasteiger partial charge in [-0.05, 0) is 12.1 Å². The molecule has 2 aromatic heterocycles. The Morgan fingerprint density at radius 3 is 1.67 bits per heavy atom. The van der Waals surface area contributed by atoms with E-state index in [0.717, 1.165) is 0 Å². The van der Waals surface area contributed by atoms with Gasteiger partial charge in [0.05, 0.1) is 32.5 Å². The number of carboxylic acids is 1. The molecule has 8 nitrogen and oxygen atoms in total. The van der Waals surface area contributed by atoms with E-state index in [9.17, 15) is 18.4 Å². The highest BCUT2D eigenvalue weighted by Crippen LogP contribution is 2.25. The molecule has 0 fully saturated rings. The molecule has 2 aromatic carbocycles. The van der Waals surface area contributed by atoms with Crippen LogP contribution < -0.4 is 9.47 Å². The molecule has 0 bridgehead atoms. The Bertz CT molecular complexity index is 1360. The fourth-order valence-corrected chi connectivity index (χ4v) is 3.04.